The molecule has 0 aliphatic heterocycles. The van der Waals surface area contributed by atoms with Crippen molar-refractivity contribution in [2.24, 2.45) is 5.92 Å². The largest absolute Gasteiger partial charge is 0.497 e. The third-order valence-electron chi connectivity index (χ3n) is 3.42. The molecule has 1 aromatic rings. The molecule has 0 saturated carbocycles. The molecular weight excluding hydrogens is 254 g/mol. The lowest BCUT2D eigenvalue weighted by atomic mass is 9.93. The average molecular weight is 281 g/mol. The minimum absolute atomic E-state index is 0.0280. The highest BCUT2D eigenvalue weighted by Gasteiger charge is 2.23. The van der Waals surface area contributed by atoms with Crippen LogP contribution in [0.1, 0.15) is 31.9 Å². The van der Waals surface area contributed by atoms with Gasteiger partial charge in [-0.05, 0) is 36.6 Å². The summed E-state index contributed by atoms with van der Waals surface area (Å²) in [7, 11) is 3.34. The predicted octanol–water partition coefficient (Wildman–Crippen LogP) is 2.38. The van der Waals surface area contributed by atoms with Gasteiger partial charge in [-0.25, -0.2) is 0 Å². The van der Waals surface area contributed by atoms with Crippen LogP contribution in [0.25, 0.3) is 0 Å². The van der Waals surface area contributed by atoms with Crippen molar-refractivity contribution in [3.8, 4) is 5.75 Å². The number of hydrogen-bond acceptors (Lipinski definition) is 4. The van der Waals surface area contributed by atoms with Gasteiger partial charge in [0.05, 0.1) is 13.2 Å². The molecule has 0 aromatic heterocycles. The van der Waals surface area contributed by atoms with Gasteiger partial charge in [0.2, 0.25) is 0 Å². The van der Waals surface area contributed by atoms with Crippen LogP contribution in [0.5, 0.6) is 5.75 Å². The van der Waals surface area contributed by atoms with Gasteiger partial charge in [0.25, 0.3) is 0 Å². The molecule has 1 rings (SSSR count). The Balaban J connectivity index is 2.64. The SMILES string of the molecule is COCCCNC(C(C)C)C(O)c1ccc(OC)cc1. The lowest BCUT2D eigenvalue weighted by molar-refractivity contribution is 0.103. The molecule has 0 aliphatic carbocycles. The first-order valence-corrected chi connectivity index (χ1v) is 7.14. The summed E-state index contributed by atoms with van der Waals surface area (Å²) < 4.78 is 10.2. The van der Waals surface area contributed by atoms with Crippen LogP contribution >= 0.6 is 0 Å². The van der Waals surface area contributed by atoms with E-state index in [-0.39, 0.29) is 6.04 Å². The Labute approximate surface area is 122 Å². The first-order chi connectivity index (χ1) is 9.60. The van der Waals surface area contributed by atoms with E-state index in [0.29, 0.717) is 5.92 Å². The molecule has 2 unspecified atom stereocenters. The molecule has 0 heterocycles. The highest BCUT2D eigenvalue weighted by molar-refractivity contribution is 5.29. The Morgan fingerprint density at radius 2 is 1.80 bits per heavy atom. The normalized spacial score (nSPS) is 14.3. The fourth-order valence-corrected chi connectivity index (χ4v) is 2.21. The van der Waals surface area contributed by atoms with Crippen molar-refractivity contribution < 1.29 is 14.6 Å². The van der Waals surface area contributed by atoms with E-state index in [4.69, 9.17) is 9.47 Å². The van der Waals surface area contributed by atoms with Crippen LogP contribution in [-0.4, -0.2) is 38.5 Å². The number of aliphatic hydroxyl groups is 1. The molecule has 0 radical (unpaired) electrons. The molecule has 0 amide bonds. The quantitative estimate of drug-likeness (QED) is 0.682. The molecule has 0 saturated heterocycles. The zero-order valence-electron chi connectivity index (χ0n) is 12.9. The van der Waals surface area contributed by atoms with E-state index >= 15 is 0 Å². The van der Waals surface area contributed by atoms with Crippen molar-refractivity contribution >= 4 is 0 Å². The van der Waals surface area contributed by atoms with Crippen LogP contribution in [-0.2, 0) is 4.74 Å². The third-order valence-corrected chi connectivity index (χ3v) is 3.42. The van der Waals surface area contributed by atoms with E-state index in [1.807, 2.05) is 24.3 Å². The molecule has 20 heavy (non-hydrogen) atoms. The van der Waals surface area contributed by atoms with Gasteiger partial charge in [-0.15, -0.1) is 0 Å². The number of ether oxygens (including phenoxy) is 2. The molecular formula is C16H27NO3. The van der Waals surface area contributed by atoms with Crippen molar-refractivity contribution in [2.75, 3.05) is 27.4 Å². The zero-order chi connectivity index (χ0) is 15.0. The topological polar surface area (TPSA) is 50.7 Å². The van der Waals surface area contributed by atoms with Gasteiger partial charge in [0.15, 0.2) is 0 Å². The molecule has 4 nitrogen and oxygen atoms in total. The summed E-state index contributed by atoms with van der Waals surface area (Å²) in [5.41, 5.74) is 0.906. The Kier molecular flexibility index (Phi) is 7.59. The average Bonchev–Trinajstić information content (AvgIpc) is 2.46. The Bertz CT molecular complexity index is 364. The molecule has 0 aliphatic rings. The maximum atomic E-state index is 10.5. The molecule has 2 atom stereocenters. The summed E-state index contributed by atoms with van der Waals surface area (Å²) in [6.07, 6.45) is 0.415. The van der Waals surface area contributed by atoms with Crippen LogP contribution in [0.3, 0.4) is 0 Å². The first-order valence-electron chi connectivity index (χ1n) is 7.14. The molecule has 0 spiro atoms. The summed E-state index contributed by atoms with van der Waals surface area (Å²) in [4.78, 5) is 0. The number of nitrogens with one attached hydrogen (secondary N) is 1. The maximum absolute atomic E-state index is 10.5. The van der Waals surface area contributed by atoms with Crippen LogP contribution in [0.4, 0.5) is 0 Å². The lowest BCUT2D eigenvalue weighted by Gasteiger charge is -2.28. The minimum atomic E-state index is -0.525. The third kappa shape index (κ3) is 5.12. The molecule has 1 aromatic carbocycles. The first kappa shape index (κ1) is 17.0. The Morgan fingerprint density at radius 3 is 2.30 bits per heavy atom. The fraction of sp³-hybridized carbons (Fsp3) is 0.625. The standard InChI is InChI=1S/C16H27NO3/c1-12(2)15(17-10-5-11-19-3)16(18)13-6-8-14(20-4)9-7-13/h6-9,12,15-18H,5,10-11H2,1-4H3. The van der Waals surface area contributed by atoms with Crippen molar-refractivity contribution in [3.63, 3.8) is 0 Å². The van der Waals surface area contributed by atoms with E-state index in [1.165, 1.54) is 0 Å². The van der Waals surface area contributed by atoms with Crippen LogP contribution in [0.2, 0.25) is 0 Å². The van der Waals surface area contributed by atoms with Gasteiger partial charge in [-0.2, -0.15) is 0 Å². The number of benzene rings is 1. The van der Waals surface area contributed by atoms with Crippen LogP contribution in [0.15, 0.2) is 24.3 Å². The van der Waals surface area contributed by atoms with Gasteiger partial charge >= 0.3 is 0 Å². The second-order valence-corrected chi connectivity index (χ2v) is 5.29. The van der Waals surface area contributed by atoms with Crippen molar-refractivity contribution in [1.29, 1.82) is 0 Å². The number of aliphatic hydroxyl groups excluding tert-OH is 1. The highest BCUT2D eigenvalue weighted by Crippen LogP contribution is 2.23. The molecule has 2 N–H and O–H groups in total. The maximum Gasteiger partial charge on any atom is 0.118 e. The zero-order valence-corrected chi connectivity index (χ0v) is 12.9. The summed E-state index contributed by atoms with van der Waals surface area (Å²) >= 11 is 0. The van der Waals surface area contributed by atoms with Gasteiger partial charge < -0.3 is 19.9 Å². The second-order valence-electron chi connectivity index (χ2n) is 5.29. The van der Waals surface area contributed by atoms with Crippen LogP contribution < -0.4 is 10.1 Å². The van der Waals surface area contributed by atoms with E-state index in [9.17, 15) is 5.11 Å². The van der Waals surface area contributed by atoms with E-state index in [2.05, 4.69) is 19.2 Å². The molecule has 114 valence electrons. The lowest BCUT2D eigenvalue weighted by Crippen LogP contribution is -2.40. The molecule has 4 heteroatoms. The van der Waals surface area contributed by atoms with Gasteiger partial charge in [-0.1, -0.05) is 26.0 Å². The highest BCUT2D eigenvalue weighted by atomic mass is 16.5. The predicted molar refractivity (Wildman–Crippen MR) is 81.1 cm³/mol. The number of methoxy groups -OCH3 is 2. The summed E-state index contributed by atoms with van der Waals surface area (Å²) in [5, 5.41) is 14.0. The van der Waals surface area contributed by atoms with E-state index < -0.39 is 6.10 Å². The van der Waals surface area contributed by atoms with Crippen molar-refractivity contribution in [2.45, 2.75) is 32.4 Å². The summed E-state index contributed by atoms with van der Waals surface area (Å²) in [5.74, 6) is 1.14. The fourth-order valence-electron chi connectivity index (χ4n) is 2.21. The summed E-state index contributed by atoms with van der Waals surface area (Å²) in [6, 6.07) is 7.60. The summed E-state index contributed by atoms with van der Waals surface area (Å²) in [6.45, 7) is 5.79. The Morgan fingerprint density at radius 1 is 1.15 bits per heavy atom. The van der Waals surface area contributed by atoms with E-state index in [1.54, 1.807) is 14.2 Å². The van der Waals surface area contributed by atoms with Gasteiger partial charge in [0.1, 0.15) is 5.75 Å². The minimum Gasteiger partial charge on any atom is -0.497 e. The number of rotatable bonds is 9. The molecule has 0 bridgehead atoms. The Hall–Kier alpha value is -1.10. The number of hydrogen-bond donors (Lipinski definition) is 2. The van der Waals surface area contributed by atoms with Gasteiger partial charge in [-0.3, -0.25) is 0 Å². The monoisotopic (exact) mass is 281 g/mol. The van der Waals surface area contributed by atoms with Crippen LogP contribution in [0, 0.1) is 5.92 Å². The van der Waals surface area contributed by atoms with Gasteiger partial charge in [0, 0.05) is 19.8 Å². The smallest absolute Gasteiger partial charge is 0.118 e. The second kappa shape index (κ2) is 8.95. The van der Waals surface area contributed by atoms with Crippen molar-refractivity contribution in [3.05, 3.63) is 29.8 Å². The van der Waals surface area contributed by atoms with E-state index in [0.717, 1.165) is 30.9 Å². The van der Waals surface area contributed by atoms with Crippen molar-refractivity contribution in [1.82, 2.24) is 5.32 Å². The molecule has 0 fully saturated rings.